The minimum Gasteiger partial charge on any atom is -0.392 e. The van der Waals surface area contributed by atoms with E-state index in [9.17, 15) is 9.50 Å². The van der Waals surface area contributed by atoms with Crippen molar-refractivity contribution in [3.63, 3.8) is 0 Å². The van der Waals surface area contributed by atoms with Gasteiger partial charge < -0.3 is 5.11 Å². The van der Waals surface area contributed by atoms with Gasteiger partial charge in [-0.1, -0.05) is 23.2 Å². The molecule has 0 radical (unpaired) electrons. The van der Waals surface area contributed by atoms with Gasteiger partial charge in [-0.15, -0.1) is 0 Å². The quantitative estimate of drug-likeness (QED) is 0.846. The number of aromatic nitrogens is 1. The number of rotatable bonds is 2. The monoisotopic (exact) mass is 271 g/mol. The molecule has 2 nitrogen and oxygen atoms in total. The first kappa shape index (κ1) is 12.3. The van der Waals surface area contributed by atoms with Crippen molar-refractivity contribution in [1.29, 1.82) is 0 Å². The number of aliphatic hydroxyl groups excluding tert-OH is 1. The van der Waals surface area contributed by atoms with Crippen LogP contribution in [-0.2, 0) is 6.61 Å². The van der Waals surface area contributed by atoms with Crippen molar-refractivity contribution < 1.29 is 9.50 Å². The second-order valence-electron chi connectivity index (χ2n) is 3.45. The summed E-state index contributed by atoms with van der Waals surface area (Å²) in [6.07, 6.45) is 1.33. The normalized spacial score (nSPS) is 10.6. The third kappa shape index (κ3) is 2.57. The molecule has 17 heavy (non-hydrogen) atoms. The molecule has 1 aromatic carbocycles. The van der Waals surface area contributed by atoms with Gasteiger partial charge in [0.05, 0.1) is 6.61 Å². The molecule has 0 fully saturated rings. The molecule has 1 aromatic heterocycles. The van der Waals surface area contributed by atoms with E-state index in [2.05, 4.69) is 4.98 Å². The second kappa shape index (κ2) is 5.00. The van der Waals surface area contributed by atoms with Crippen molar-refractivity contribution in [2.24, 2.45) is 0 Å². The minimum absolute atomic E-state index is 0.294. The number of hydrogen-bond acceptors (Lipinski definition) is 2. The smallest absolute Gasteiger partial charge is 0.213 e. The third-order valence-electron chi connectivity index (χ3n) is 2.35. The highest BCUT2D eigenvalue weighted by atomic mass is 35.5. The van der Waals surface area contributed by atoms with Gasteiger partial charge in [0.1, 0.15) is 0 Å². The third-order valence-corrected chi connectivity index (χ3v) is 2.91. The minimum atomic E-state index is -0.643. The maximum Gasteiger partial charge on any atom is 0.213 e. The van der Waals surface area contributed by atoms with Gasteiger partial charge in [0, 0.05) is 27.4 Å². The van der Waals surface area contributed by atoms with E-state index in [1.807, 2.05) is 0 Å². The summed E-state index contributed by atoms with van der Waals surface area (Å²) >= 11 is 11.9. The molecule has 0 spiro atoms. The van der Waals surface area contributed by atoms with Crippen molar-refractivity contribution in [1.82, 2.24) is 4.98 Å². The van der Waals surface area contributed by atoms with E-state index in [4.69, 9.17) is 23.2 Å². The van der Waals surface area contributed by atoms with Gasteiger partial charge in [-0.2, -0.15) is 4.39 Å². The lowest BCUT2D eigenvalue weighted by Crippen LogP contribution is -1.94. The van der Waals surface area contributed by atoms with Crippen LogP contribution in [0, 0.1) is 5.95 Å². The van der Waals surface area contributed by atoms with Gasteiger partial charge in [0.2, 0.25) is 5.95 Å². The van der Waals surface area contributed by atoms with E-state index in [1.165, 1.54) is 12.3 Å². The van der Waals surface area contributed by atoms with Crippen LogP contribution < -0.4 is 0 Å². The number of nitrogens with zero attached hydrogens (tertiary/aromatic N) is 1. The SMILES string of the molecule is OCc1cc(F)ncc1-c1cc(Cl)ccc1Cl. The first-order chi connectivity index (χ1) is 8.11. The molecule has 0 aliphatic rings. The molecule has 0 aliphatic heterocycles. The van der Waals surface area contributed by atoms with Crippen LogP contribution in [0.1, 0.15) is 5.56 Å². The highest BCUT2D eigenvalue weighted by molar-refractivity contribution is 6.35. The molecule has 0 saturated heterocycles. The highest BCUT2D eigenvalue weighted by Crippen LogP contribution is 2.32. The van der Waals surface area contributed by atoms with Crippen LogP contribution in [0.25, 0.3) is 11.1 Å². The topological polar surface area (TPSA) is 33.1 Å². The fourth-order valence-corrected chi connectivity index (χ4v) is 1.94. The number of halogens is 3. The maximum atomic E-state index is 12.9. The van der Waals surface area contributed by atoms with E-state index in [0.717, 1.165) is 0 Å². The Bertz CT molecular complexity index is 560. The molecule has 0 aliphatic carbocycles. The van der Waals surface area contributed by atoms with Gasteiger partial charge in [-0.25, -0.2) is 4.98 Å². The molecular weight excluding hydrogens is 264 g/mol. The second-order valence-corrected chi connectivity index (χ2v) is 4.29. The van der Waals surface area contributed by atoms with Gasteiger partial charge in [0.25, 0.3) is 0 Å². The molecule has 1 heterocycles. The zero-order valence-corrected chi connectivity index (χ0v) is 10.1. The summed E-state index contributed by atoms with van der Waals surface area (Å²) in [5.41, 5.74) is 1.61. The summed E-state index contributed by atoms with van der Waals surface area (Å²) < 4.78 is 12.9. The lowest BCUT2D eigenvalue weighted by molar-refractivity contribution is 0.281. The van der Waals surface area contributed by atoms with E-state index in [-0.39, 0.29) is 6.61 Å². The molecule has 2 aromatic rings. The van der Waals surface area contributed by atoms with Crippen molar-refractivity contribution in [3.8, 4) is 11.1 Å². The summed E-state index contributed by atoms with van der Waals surface area (Å²) in [5.74, 6) is -0.643. The molecule has 0 atom stereocenters. The van der Waals surface area contributed by atoms with E-state index in [1.54, 1.807) is 18.2 Å². The lowest BCUT2D eigenvalue weighted by atomic mass is 10.0. The van der Waals surface area contributed by atoms with Crippen LogP contribution >= 0.6 is 23.2 Å². The summed E-state index contributed by atoms with van der Waals surface area (Å²) in [6, 6.07) is 6.12. The molecule has 2 rings (SSSR count). The fraction of sp³-hybridized carbons (Fsp3) is 0.0833. The summed E-state index contributed by atoms with van der Waals surface area (Å²) in [5, 5.41) is 10.2. The average Bonchev–Trinajstić information content (AvgIpc) is 2.32. The first-order valence-corrected chi connectivity index (χ1v) is 5.58. The molecular formula is C12H8Cl2FNO. The number of pyridine rings is 1. The number of hydrogen-bond donors (Lipinski definition) is 1. The maximum absolute atomic E-state index is 12.9. The number of benzene rings is 1. The van der Waals surface area contributed by atoms with Crippen LogP contribution in [0.3, 0.4) is 0 Å². The zero-order valence-electron chi connectivity index (χ0n) is 8.62. The largest absolute Gasteiger partial charge is 0.392 e. The molecule has 0 amide bonds. The Kier molecular flexibility index (Phi) is 3.62. The van der Waals surface area contributed by atoms with Crippen LogP contribution in [0.2, 0.25) is 10.0 Å². The van der Waals surface area contributed by atoms with E-state index in [0.29, 0.717) is 26.7 Å². The van der Waals surface area contributed by atoms with Crippen LogP contribution in [-0.4, -0.2) is 10.1 Å². The molecule has 5 heteroatoms. The lowest BCUT2D eigenvalue weighted by Gasteiger charge is -2.09. The Hall–Kier alpha value is -1.16. The molecule has 0 bridgehead atoms. The van der Waals surface area contributed by atoms with Crippen molar-refractivity contribution in [2.45, 2.75) is 6.61 Å². The molecule has 0 saturated carbocycles. The van der Waals surface area contributed by atoms with Crippen LogP contribution in [0.4, 0.5) is 4.39 Å². The van der Waals surface area contributed by atoms with Crippen molar-refractivity contribution in [3.05, 3.63) is 52.0 Å². The molecule has 0 unspecified atom stereocenters. The zero-order chi connectivity index (χ0) is 12.4. The van der Waals surface area contributed by atoms with Crippen LogP contribution in [0.5, 0.6) is 0 Å². The van der Waals surface area contributed by atoms with Gasteiger partial charge in [-0.3, -0.25) is 0 Å². The highest BCUT2D eigenvalue weighted by Gasteiger charge is 2.10. The average molecular weight is 272 g/mol. The predicted molar refractivity (Wildman–Crippen MR) is 65.6 cm³/mol. The Balaban J connectivity index is 2.63. The Morgan fingerprint density at radius 2 is 1.94 bits per heavy atom. The van der Waals surface area contributed by atoms with E-state index < -0.39 is 5.95 Å². The Labute approximate surface area is 108 Å². The van der Waals surface area contributed by atoms with Gasteiger partial charge in [-0.05, 0) is 29.8 Å². The first-order valence-electron chi connectivity index (χ1n) is 4.82. The predicted octanol–water partition coefficient (Wildman–Crippen LogP) is 3.69. The summed E-state index contributed by atoms with van der Waals surface area (Å²) in [6.45, 7) is -0.294. The van der Waals surface area contributed by atoms with Crippen molar-refractivity contribution >= 4 is 23.2 Å². The van der Waals surface area contributed by atoms with Crippen LogP contribution in [0.15, 0.2) is 30.5 Å². The number of aliphatic hydroxyl groups is 1. The van der Waals surface area contributed by atoms with Crippen molar-refractivity contribution in [2.75, 3.05) is 0 Å². The van der Waals surface area contributed by atoms with E-state index >= 15 is 0 Å². The fourth-order valence-electron chi connectivity index (χ4n) is 1.55. The summed E-state index contributed by atoms with van der Waals surface area (Å²) in [4.78, 5) is 3.56. The van der Waals surface area contributed by atoms with Gasteiger partial charge >= 0.3 is 0 Å². The standard InChI is InChI=1S/C12H8Cl2FNO/c13-8-1-2-11(14)9(4-8)10-5-16-12(15)3-7(10)6-17/h1-5,17H,6H2. The van der Waals surface area contributed by atoms with Gasteiger partial charge in [0.15, 0.2) is 0 Å². The Morgan fingerprint density at radius 1 is 1.18 bits per heavy atom. The Morgan fingerprint density at radius 3 is 2.65 bits per heavy atom. The summed E-state index contributed by atoms with van der Waals surface area (Å²) in [7, 11) is 0. The molecule has 88 valence electrons. The molecule has 1 N–H and O–H groups in total.